The number of anilines is 1. The van der Waals surface area contributed by atoms with Crippen molar-refractivity contribution in [1.82, 2.24) is 19.8 Å². The first kappa shape index (κ1) is 13.1. The van der Waals surface area contributed by atoms with Crippen LogP contribution in [0.3, 0.4) is 0 Å². The zero-order chi connectivity index (χ0) is 13.0. The van der Waals surface area contributed by atoms with Crippen molar-refractivity contribution in [3.8, 4) is 0 Å². The highest BCUT2D eigenvalue weighted by Crippen LogP contribution is 2.11. The quantitative estimate of drug-likeness (QED) is 0.812. The molecule has 2 heterocycles. The van der Waals surface area contributed by atoms with Crippen LogP contribution in [0.1, 0.15) is 12.2 Å². The van der Waals surface area contributed by atoms with Gasteiger partial charge in [0.15, 0.2) is 11.5 Å². The number of nitrogens with zero attached hydrogens (tertiary/aromatic N) is 4. The SMILES string of the molecule is CSC[C@@H](CCO)Nc1ccc2nnc(C)n2n1. The van der Waals surface area contributed by atoms with E-state index in [1.54, 1.807) is 16.3 Å². The Kier molecular flexibility index (Phi) is 4.38. The predicted octanol–water partition coefficient (Wildman–Crippen LogP) is 0.959. The molecule has 18 heavy (non-hydrogen) atoms. The largest absolute Gasteiger partial charge is 0.396 e. The Labute approximate surface area is 110 Å². The molecule has 0 saturated carbocycles. The molecule has 0 unspecified atom stereocenters. The topological polar surface area (TPSA) is 75.3 Å². The van der Waals surface area contributed by atoms with Gasteiger partial charge in [-0.25, -0.2) is 0 Å². The van der Waals surface area contributed by atoms with E-state index in [1.165, 1.54) is 0 Å². The summed E-state index contributed by atoms with van der Waals surface area (Å²) in [6.45, 7) is 2.04. The molecular formula is C11H17N5OS. The molecule has 2 aromatic rings. The minimum absolute atomic E-state index is 0.173. The Morgan fingerprint density at radius 2 is 2.28 bits per heavy atom. The Morgan fingerprint density at radius 3 is 3.00 bits per heavy atom. The van der Waals surface area contributed by atoms with E-state index >= 15 is 0 Å². The highest BCUT2D eigenvalue weighted by atomic mass is 32.2. The van der Waals surface area contributed by atoms with Crippen LogP contribution in [0.15, 0.2) is 12.1 Å². The van der Waals surface area contributed by atoms with Crippen LogP contribution in [0, 0.1) is 6.92 Å². The molecule has 0 radical (unpaired) electrons. The van der Waals surface area contributed by atoms with E-state index in [-0.39, 0.29) is 12.6 Å². The van der Waals surface area contributed by atoms with Crippen LogP contribution < -0.4 is 5.32 Å². The van der Waals surface area contributed by atoms with Crippen LogP contribution >= 0.6 is 11.8 Å². The molecule has 0 spiro atoms. The van der Waals surface area contributed by atoms with Crippen LogP contribution in [0.5, 0.6) is 0 Å². The summed E-state index contributed by atoms with van der Waals surface area (Å²) < 4.78 is 1.71. The number of aliphatic hydroxyl groups excluding tert-OH is 1. The molecular weight excluding hydrogens is 250 g/mol. The number of rotatable bonds is 6. The zero-order valence-corrected chi connectivity index (χ0v) is 11.3. The predicted molar refractivity (Wildman–Crippen MR) is 73.0 cm³/mol. The molecule has 0 amide bonds. The molecule has 1 atom stereocenters. The first-order valence-electron chi connectivity index (χ1n) is 5.80. The second kappa shape index (κ2) is 6.01. The molecule has 98 valence electrons. The minimum atomic E-state index is 0.173. The number of aromatic nitrogens is 4. The average Bonchev–Trinajstić information content (AvgIpc) is 2.72. The summed E-state index contributed by atoms with van der Waals surface area (Å²) in [5.41, 5.74) is 0.738. The Balaban J connectivity index is 2.16. The van der Waals surface area contributed by atoms with Gasteiger partial charge in [-0.1, -0.05) is 0 Å². The molecule has 0 aliphatic heterocycles. The first-order valence-corrected chi connectivity index (χ1v) is 7.19. The van der Waals surface area contributed by atoms with Gasteiger partial charge >= 0.3 is 0 Å². The molecule has 2 N–H and O–H groups in total. The molecule has 0 aliphatic rings. The molecule has 0 fully saturated rings. The van der Waals surface area contributed by atoms with Crippen LogP contribution in [-0.4, -0.2) is 49.6 Å². The minimum Gasteiger partial charge on any atom is -0.396 e. The first-order chi connectivity index (χ1) is 8.74. The highest BCUT2D eigenvalue weighted by molar-refractivity contribution is 7.98. The molecule has 7 heteroatoms. The van der Waals surface area contributed by atoms with E-state index in [0.29, 0.717) is 6.42 Å². The van der Waals surface area contributed by atoms with Gasteiger partial charge in [0.05, 0.1) is 0 Å². The lowest BCUT2D eigenvalue weighted by Crippen LogP contribution is -2.24. The smallest absolute Gasteiger partial charge is 0.178 e. The number of hydrogen-bond acceptors (Lipinski definition) is 6. The highest BCUT2D eigenvalue weighted by Gasteiger charge is 2.09. The van der Waals surface area contributed by atoms with Gasteiger partial charge < -0.3 is 10.4 Å². The summed E-state index contributed by atoms with van der Waals surface area (Å²) in [6.07, 6.45) is 2.76. The molecule has 6 nitrogen and oxygen atoms in total. The van der Waals surface area contributed by atoms with Gasteiger partial charge in [-0.2, -0.15) is 16.3 Å². The summed E-state index contributed by atoms with van der Waals surface area (Å²) in [5, 5.41) is 24.7. The van der Waals surface area contributed by atoms with Crippen LogP contribution in [0.4, 0.5) is 5.82 Å². The normalized spacial score (nSPS) is 12.8. The van der Waals surface area contributed by atoms with Crippen LogP contribution in [0.2, 0.25) is 0 Å². The van der Waals surface area contributed by atoms with Crippen molar-refractivity contribution in [3.63, 3.8) is 0 Å². The Hall–Kier alpha value is -1.34. The summed E-state index contributed by atoms with van der Waals surface area (Å²) >= 11 is 1.74. The second-order valence-corrected chi connectivity index (χ2v) is 4.96. The summed E-state index contributed by atoms with van der Waals surface area (Å²) in [7, 11) is 0. The van der Waals surface area contributed by atoms with Crippen molar-refractivity contribution in [2.45, 2.75) is 19.4 Å². The van der Waals surface area contributed by atoms with Gasteiger partial charge in [0.25, 0.3) is 0 Å². The summed E-state index contributed by atoms with van der Waals surface area (Å²) in [4.78, 5) is 0. The summed E-state index contributed by atoms with van der Waals surface area (Å²) in [5.74, 6) is 2.47. The maximum Gasteiger partial charge on any atom is 0.178 e. The molecule has 2 rings (SSSR count). The van der Waals surface area contributed by atoms with Crippen LogP contribution in [0.25, 0.3) is 5.65 Å². The maximum atomic E-state index is 9.03. The fourth-order valence-electron chi connectivity index (χ4n) is 1.74. The van der Waals surface area contributed by atoms with Crippen molar-refractivity contribution < 1.29 is 5.11 Å². The Bertz CT molecular complexity index is 509. The fourth-order valence-corrected chi connectivity index (χ4v) is 2.39. The standard InChI is InChI=1S/C11H17N5OS/c1-8-13-14-11-4-3-10(15-16(8)11)12-9(5-6-17)7-18-2/h3-4,9,17H,5-7H2,1-2H3,(H,12,15)/t9-/m1/s1. The number of hydrogen-bond donors (Lipinski definition) is 2. The van der Waals surface area contributed by atoms with E-state index in [1.807, 2.05) is 25.3 Å². The molecule has 0 saturated heterocycles. The number of thioether (sulfide) groups is 1. The number of fused-ring (bicyclic) bond motifs is 1. The van der Waals surface area contributed by atoms with Gasteiger partial charge in [-0.3, -0.25) is 0 Å². The van der Waals surface area contributed by atoms with Gasteiger partial charge in [-0.15, -0.1) is 15.3 Å². The van der Waals surface area contributed by atoms with E-state index in [9.17, 15) is 0 Å². The summed E-state index contributed by atoms with van der Waals surface area (Å²) in [6, 6.07) is 3.98. The van der Waals surface area contributed by atoms with Crippen molar-refractivity contribution >= 4 is 23.2 Å². The average molecular weight is 267 g/mol. The number of aryl methyl sites for hydroxylation is 1. The molecule has 0 aromatic carbocycles. The number of nitrogens with one attached hydrogen (secondary N) is 1. The van der Waals surface area contributed by atoms with Gasteiger partial charge in [0.2, 0.25) is 0 Å². The lowest BCUT2D eigenvalue weighted by Gasteiger charge is -2.17. The third-order valence-electron chi connectivity index (χ3n) is 2.62. The zero-order valence-electron chi connectivity index (χ0n) is 10.5. The van der Waals surface area contributed by atoms with Crippen LogP contribution in [-0.2, 0) is 0 Å². The van der Waals surface area contributed by atoms with Crippen molar-refractivity contribution in [3.05, 3.63) is 18.0 Å². The Morgan fingerprint density at radius 1 is 1.44 bits per heavy atom. The van der Waals surface area contributed by atoms with Crippen molar-refractivity contribution in [2.75, 3.05) is 23.9 Å². The fraction of sp³-hybridized carbons (Fsp3) is 0.545. The van der Waals surface area contributed by atoms with Gasteiger partial charge in [0, 0.05) is 18.4 Å². The van der Waals surface area contributed by atoms with Gasteiger partial charge in [0.1, 0.15) is 5.82 Å². The monoisotopic (exact) mass is 267 g/mol. The van der Waals surface area contributed by atoms with Crippen molar-refractivity contribution in [2.24, 2.45) is 0 Å². The second-order valence-electron chi connectivity index (χ2n) is 4.04. The maximum absolute atomic E-state index is 9.03. The molecule has 0 bridgehead atoms. The van der Waals surface area contributed by atoms with E-state index in [0.717, 1.165) is 23.0 Å². The lowest BCUT2D eigenvalue weighted by atomic mass is 10.2. The van der Waals surface area contributed by atoms with E-state index in [2.05, 4.69) is 20.6 Å². The lowest BCUT2D eigenvalue weighted by molar-refractivity contribution is 0.282. The molecule has 0 aliphatic carbocycles. The third kappa shape index (κ3) is 2.91. The van der Waals surface area contributed by atoms with Gasteiger partial charge in [-0.05, 0) is 31.7 Å². The number of aliphatic hydroxyl groups is 1. The molecule has 2 aromatic heterocycles. The van der Waals surface area contributed by atoms with Crippen molar-refractivity contribution in [1.29, 1.82) is 0 Å². The third-order valence-corrected chi connectivity index (χ3v) is 3.35. The van der Waals surface area contributed by atoms with E-state index < -0.39 is 0 Å². The van der Waals surface area contributed by atoms with E-state index in [4.69, 9.17) is 5.11 Å².